The van der Waals surface area contributed by atoms with Crippen LogP contribution in [-0.4, -0.2) is 26.1 Å². The van der Waals surface area contributed by atoms with Crippen molar-refractivity contribution < 1.29 is 9.53 Å². The number of hydrogen-bond acceptors (Lipinski definition) is 3. The summed E-state index contributed by atoms with van der Waals surface area (Å²) in [7, 11) is 1.64. The van der Waals surface area contributed by atoms with E-state index in [1.165, 1.54) is 18.5 Å². The van der Waals surface area contributed by atoms with Crippen LogP contribution in [0, 0.1) is 5.92 Å². The van der Waals surface area contributed by atoms with Gasteiger partial charge in [0.2, 0.25) is 5.91 Å². The standard InChI is InChI=1S/C23H30N2O2/c1-17-5-4-14-25(16-17)21-10-8-20(9-11-21)18(2)24-23(26)15-19-6-12-22(27-3)13-7-19/h6-13,17-18H,4-5,14-16H2,1-3H3,(H,24,26)/t17-,18+/m0/s1. The lowest BCUT2D eigenvalue weighted by Crippen LogP contribution is -2.34. The molecule has 144 valence electrons. The second-order valence-electron chi connectivity index (χ2n) is 7.60. The predicted molar refractivity (Wildman–Crippen MR) is 110 cm³/mol. The van der Waals surface area contributed by atoms with Crippen LogP contribution in [0.1, 0.15) is 43.9 Å². The lowest BCUT2D eigenvalue weighted by Gasteiger charge is -2.33. The number of amides is 1. The van der Waals surface area contributed by atoms with Crippen molar-refractivity contribution in [2.24, 2.45) is 5.92 Å². The van der Waals surface area contributed by atoms with Crippen LogP contribution in [0.15, 0.2) is 48.5 Å². The smallest absolute Gasteiger partial charge is 0.224 e. The molecule has 1 saturated heterocycles. The fraction of sp³-hybridized carbons (Fsp3) is 0.435. The third kappa shape index (κ3) is 5.25. The number of nitrogens with zero attached hydrogens (tertiary/aromatic N) is 1. The maximum Gasteiger partial charge on any atom is 0.224 e. The number of hydrogen-bond donors (Lipinski definition) is 1. The molecule has 2 atom stereocenters. The van der Waals surface area contributed by atoms with E-state index in [4.69, 9.17) is 4.74 Å². The van der Waals surface area contributed by atoms with Crippen molar-refractivity contribution in [3.8, 4) is 5.75 Å². The first-order chi connectivity index (χ1) is 13.0. The highest BCUT2D eigenvalue weighted by molar-refractivity contribution is 5.79. The average molecular weight is 367 g/mol. The Kier molecular flexibility index (Phi) is 6.38. The number of carbonyl (C=O) groups is 1. The van der Waals surface area contributed by atoms with Crippen molar-refractivity contribution >= 4 is 11.6 Å². The highest BCUT2D eigenvalue weighted by Gasteiger charge is 2.17. The highest BCUT2D eigenvalue weighted by atomic mass is 16.5. The van der Waals surface area contributed by atoms with E-state index in [0.717, 1.165) is 35.9 Å². The number of anilines is 1. The van der Waals surface area contributed by atoms with Crippen molar-refractivity contribution in [2.45, 2.75) is 39.2 Å². The van der Waals surface area contributed by atoms with Crippen LogP contribution in [0.4, 0.5) is 5.69 Å². The Labute approximate surface area is 162 Å². The van der Waals surface area contributed by atoms with Crippen LogP contribution in [0.25, 0.3) is 0 Å². The summed E-state index contributed by atoms with van der Waals surface area (Å²) in [4.78, 5) is 14.8. The van der Waals surface area contributed by atoms with Crippen LogP contribution < -0.4 is 15.0 Å². The van der Waals surface area contributed by atoms with Crippen molar-refractivity contribution in [1.82, 2.24) is 5.32 Å². The van der Waals surface area contributed by atoms with Crippen LogP contribution in [0.3, 0.4) is 0 Å². The molecule has 0 radical (unpaired) electrons. The van der Waals surface area contributed by atoms with Gasteiger partial charge in [-0.05, 0) is 61.1 Å². The fourth-order valence-corrected chi connectivity index (χ4v) is 3.70. The van der Waals surface area contributed by atoms with Gasteiger partial charge in [0.25, 0.3) is 0 Å². The molecule has 1 aliphatic heterocycles. The van der Waals surface area contributed by atoms with Crippen LogP contribution >= 0.6 is 0 Å². The first-order valence-electron chi connectivity index (χ1n) is 9.82. The minimum Gasteiger partial charge on any atom is -0.497 e. The van der Waals surface area contributed by atoms with Crippen LogP contribution in [0.5, 0.6) is 5.75 Å². The molecule has 0 saturated carbocycles. The Morgan fingerprint density at radius 1 is 1.19 bits per heavy atom. The molecule has 0 bridgehead atoms. The van der Waals surface area contributed by atoms with E-state index < -0.39 is 0 Å². The largest absolute Gasteiger partial charge is 0.497 e. The molecule has 0 aliphatic carbocycles. The van der Waals surface area contributed by atoms with E-state index in [0.29, 0.717) is 6.42 Å². The highest BCUT2D eigenvalue weighted by Crippen LogP contribution is 2.24. The van der Waals surface area contributed by atoms with E-state index in [1.54, 1.807) is 7.11 Å². The van der Waals surface area contributed by atoms with Crippen molar-refractivity contribution in [3.05, 3.63) is 59.7 Å². The molecule has 1 amide bonds. The molecule has 1 N–H and O–H groups in total. The SMILES string of the molecule is COc1ccc(CC(=O)N[C@H](C)c2ccc(N3CCC[C@H](C)C3)cc2)cc1. The quantitative estimate of drug-likeness (QED) is 0.826. The number of methoxy groups -OCH3 is 1. The van der Waals surface area contributed by atoms with Gasteiger partial charge in [0.05, 0.1) is 19.6 Å². The third-order valence-corrected chi connectivity index (χ3v) is 5.32. The fourth-order valence-electron chi connectivity index (χ4n) is 3.70. The van der Waals surface area contributed by atoms with Gasteiger partial charge < -0.3 is 15.0 Å². The summed E-state index contributed by atoms with van der Waals surface area (Å²) >= 11 is 0. The van der Waals surface area contributed by atoms with E-state index in [2.05, 4.69) is 41.4 Å². The number of piperidine rings is 1. The molecule has 2 aromatic carbocycles. The van der Waals surface area contributed by atoms with Crippen LogP contribution in [-0.2, 0) is 11.2 Å². The van der Waals surface area contributed by atoms with E-state index in [-0.39, 0.29) is 11.9 Å². The Morgan fingerprint density at radius 2 is 1.89 bits per heavy atom. The molecule has 1 fully saturated rings. The lowest BCUT2D eigenvalue weighted by molar-refractivity contribution is -0.121. The minimum absolute atomic E-state index is 0.00919. The van der Waals surface area contributed by atoms with Crippen molar-refractivity contribution in [3.63, 3.8) is 0 Å². The monoisotopic (exact) mass is 366 g/mol. The van der Waals surface area contributed by atoms with Crippen molar-refractivity contribution in [1.29, 1.82) is 0 Å². The molecule has 27 heavy (non-hydrogen) atoms. The Hall–Kier alpha value is -2.49. The summed E-state index contributed by atoms with van der Waals surface area (Å²) in [5.41, 5.74) is 3.39. The summed E-state index contributed by atoms with van der Waals surface area (Å²) in [6.07, 6.45) is 2.96. The normalized spacial score (nSPS) is 18.0. The first kappa shape index (κ1) is 19.3. The zero-order valence-electron chi connectivity index (χ0n) is 16.6. The van der Waals surface area contributed by atoms with Gasteiger partial charge in [-0.3, -0.25) is 4.79 Å². The molecule has 3 rings (SSSR count). The number of rotatable bonds is 6. The molecule has 1 heterocycles. The zero-order chi connectivity index (χ0) is 19.2. The Balaban J connectivity index is 1.55. The average Bonchev–Trinajstić information content (AvgIpc) is 2.68. The minimum atomic E-state index is -0.00919. The van der Waals surface area contributed by atoms with E-state index in [1.807, 2.05) is 31.2 Å². The maximum atomic E-state index is 12.4. The van der Waals surface area contributed by atoms with Gasteiger partial charge in [-0.1, -0.05) is 31.2 Å². The van der Waals surface area contributed by atoms with Crippen molar-refractivity contribution in [2.75, 3.05) is 25.1 Å². The number of ether oxygens (including phenoxy) is 1. The Bertz CT molecular complexity index is 740. The summed E-state index contributed by atoms with van der Waals surface area (Å²) in [5.74, 6) is 1.59. The molecule has 1 aliphatic rings. The van der Waals surface area contributed by atoms with Gasteiger partial charge in [-0.15, -0.1) is 0 Å². The zero-order valence-corrected chi connectivity index (χ0v) is 16.6. The third-order valence-electron chi connectivity index (χ3n) is 5.32. The summed E-state index contributed by atoms with van der Waals surface area (Å²) < 4.78 is 5.15. The molecule has 0 spiro atoms. The molecular formula is C23H30N2O2. The van der Waals surface area contributed by atoms with Gasteiger partial charge in [-0.2, -0.15) is 0 Å². The number of carbonyl (C=O) groups excluding carboxylic acids is 1. The van der Waals surface area contributed by atoms with Gasteiger partial charge in [0.1, 0.15) is 5.75 Å². The summed E-state index contributed by atoms with van der Waals surface area (Å²) in [6, 6.07) is 16.2. The molecule has 2 aromatic rings. The van der Waals surface area contributed by atoms with Gasteiger partial charge in [0.15, 0.2) is 0 Å². The van der Waals surface area contributed by atoms with E-state index in [9.17, 15) is 4.79 Å². The van der Waals surface area contributed by atoms with Gasteiger partial charge >= 0.3 is 0 Å². The Morgan fingerprint density at radius 3 is 2.52 bits per heavy atom. The predicted octanol–water partition coefficient (Wildman–Crippen LogP) is 4.35. The summed E-state index contributed by atoms with van der Waals surface area (Å²) in [6.45, 7) is 6.62. The van der Waals surface area contributed by atoms with Gasteiger partial charge in [0, 0.05) is 18.8 Å². The molecule has 0 aromatic heterocycles. The first-order valence-corrected chi connectivity index (χ1v) is 9.82. The number of benzene rings is 2. The summed E-state index contributed by atoms with van der Waals surface area (Å²) in [5, 5.41) is 3.10. The van der Waals surface area contributed by atoms with E-state index >= 15 is 0 Å². The number of nitrogens with one attached hydrogen (secondary N) is 1. The second kappa shape index (κ2) is 8.94. The van der Waals surface area contributed by atoms with Gasteiger partial charge in [-0.25, -0.2) is 0 Å². The lowest BCUT2D eigenvalue weighted by atomic mass is 9.99. The molecular weight excluding hydrogens is 336 g/mol. The topological polar surface area (TPSA) is 41.6 Å². The van der Waals surface area contributed by atoms with Crippen LogP contribution in [0.2, 0.25) is 0 Å². The second-order valence-corrected chi connectivity index (χ2v) is 7.60. The molecule has 4 nitrogen and oxygen atoms in total. The molecule has 4 heteroatoms. The molecule has 0 unspecified atom stereocenters. The maximum absolute atomic E-state index is 12.4.